The lowest BCUT2D eigenvalue weighted by atomic mass is 9.86. The first-order chi connectivity index (χ1) is 6.08. The highest BCUT2D eigenvalue weighted by molar-refractivity contribution is 7.88. The SMILES string of the molecule is CCC1(S(=O)(=O)OF)CCCCC1. The summed E-state index contributed by atoms with van der Waals surface area (Å²) in [4.78, 5) is 0. The van der Waals surface area contributed by atoms with Gasteiger partial charge in [-0.05, 0) is 23.8 Å². The molecule has 1 aliphatic carbocycles. The Labute approximate surface area is 78.3 Å². The molecule has 1 saturated carbocycles. The highest BCUT2D eigenvalue weighted by Crippen LogP contribution is 2.38. The molecule has 0 N–H and O–H groups in total. The second-order valence-corrected chi connectivity index (χ2v) is 5.51. The van der Waals surface area contributed by atoms with Crippen LogP contribution in [-0.4, -0.2) is 13.2 Å². The molecule has 0 aromatic rings. The zero-order chi connectivity index (χ0) is 9.95. The molecule has 0 aromatic carbocycles. The molecule has 0 amide bonds. The van der Waals surface area contributed by atoms with Crippen molar-refractivity contribution < 1.29 is 17.3 Å². The van der Waals surface area contributed by atoms with E-state index in [0.717, 1.165) is 19.3 Å². The minimum absolute atomic E-state index is 0.430. The van der Waals surface area contributed by atoms with E-state index in [0.29, 0.717) is 19.3 Å². The third kappa shape index (κ3) is 1.86. The van der Waals surface area contributed by atoms with E-state index in [1.807, 2.05) is 0 Å². The summed E-state index contributed by atoms with van der Waals surface area (Å²) in [5.74, 6) is 0. The lowest BCUT2D eigenvalue weighted by Gasteiger charge is -2.33. The normalized spacial score (nSPS) is 22.9. The summed E-state index contributed by atoms with van der Waals surface area (Å²) < 4.78 is 36.7. The van der Waals surface area contributed by atoms with Crippen LogP contribution in [0.3, 0.4) is 0 Å². The molecule has 0 aromatic heterocycles. The van der Waals surface area contributed by atoms with E-state index >= 15 is 0 Å². The van der Waals surface area contributed by atoms with Crippen molar-refractivity contribution in [1.29, 1.82) is 0 Å². The first-order valence-corrected chi connectivity index (χ1v) is 6.03. The predicted molar refractivity (Wildman–Crippen MR) is 47.2 cm³/mol. The second kappa shape index (κ2) is 3.92. The lowest BCUT2D eigenvalue weighted by Crippen LogP contribution is -2.40. The van der Waals surface area contributed by atoms with Gasteiger partial charge in [0.15, 0.2) is 0 Å². The first kappa shape index (κ1) is 10.9. The Morgan fingerprint density at radius 1 is 1.31 bits per heavy atom. The zero-order valence-electron chi connectivity index (χ0n) is 7.75. The average Bonchev–Trinajstić information content (AvgIpc) is 2.18. The third-order valence-electron chi connectivity index (χ3n) is 3.02. The molecule has 1 aliphatic rings. The summed E-state index contributed by atoms with van der Waals surface area (Å²) in [5, 5.41) is 0. The quantitative estimate of drug-likeness (QED) is 0.718. The molecule has 0 unspecified atom stereocenters. The molecular weight excluding hydrogens is 195 g/mol. The molecule has 0 saturated heterocycles. The Hall–Kier alpha value is -0.160. The van der Waals surface area contributed by atoms with Crippen LogP contribution in [0.5, 0.6) is 0 Å². The van der Waals surface area contributed by atoms with Crippen LogP contribution in [0.15, 0.2) is 0 Å². The minimum Gasteiger partial charge on any atom is -0.196 e. The molecule has 1 fully saturated rings. The standard InChI is InChI=1S/C8H15FO3S/c1-2-8(13(10,11)12-9)6-4-3-5-7-8/h2-7H2,1H3. The molecule has 0 atom stereocenters. The lowest BCUT2D eigenvalue weighted by molar-refractivity contribution is -0.00373. The van der Waals surface area contributed by atoms with Gasteiger partial charge in [0.05, 0.1) is 4.75 Å². The fourth-order valence-electron chi connectivity index (χ4n) is 2.04. The van der Waals surface area contributed by atoms with Crippen molar-refractivity contribution in [2.75, 3.05) is 0 Å². The minimum atomic E-state index is -4.00. The second-order valence-electron chi connectivity index (χ2n) is 3.61. The van der Waals surface area contributed by atoms with Crippen LogP contribution in [0.25, 0.3) is 0 Å². The van der Waals surface area contributed by atoms with E-state index in [2.05, 4.69) is 4.39 Å². The summed E-state index contributed by atoms with van der Waals surface area (Å²) in [5.41, 5.74) is 0. The number of rotatable bonds is 3. The Bertz CT molecular complexity index is 255. The van der Waals surface area contributed by atoms with Crippen molar-refractivity contribution in [2.45, 2.75) is 50.2 Å². The van der Waals surface area contributed by atoms with Gasteiger partial charge in [0.2, 0.25) is 0 Å². The first-order valence-electron chi connectivity index (χ1n) is 4.63. The Kier molecular flexibility index (Phi) is 3.29. The monoisotopic (exact) mass is 210 g/mol. The number of hydrogen-bond acceptors (Lipinski definition) is 3. The zero-order valence-corrected chi connectivity index (χ0v) is 8.57. The van der Waals surface area contributed by atoms with Crippen LogP contribution < -0.4 is 0 Å². The average molecular weight is 210 g/mol. The fraction of sp³-hybridized carbons (Fsp3) is 1.00. The van der Waals surface area contributed by atoms with Crippen LogP contribution >= 0.6 is 0 Å². The number of hydrogen-bond donors (Lipinski definition) is 0. The molecule has 1 rings (SSSR count). The molecule has 13 heavy (non-hydrogen) atoms. The van der Waals surface area contributed by atoms with E-state index < -0.39 is 14.9 Å². The molecule has 78 valence electrons. The van der Waals surface area contributed by atoms with Gasteiger partial charge in [0.1, 0.15) is 0 Å². The molecule has 0 radical (unpaired) electrons. The van der Waals surface area contributed by atoms with Gasteiger partial charge in [0.25, 0.3) is 0 Å². The van der Waals surface area contributed by atoms with E-state index in [-0.39, 0.29) is 0 Å². The van der Waals surface area contributed by atoms with Gasteiger partial charge < -0.3 is 0 Å². The van der Waals surface area contributed by atoms with E-state index in [1.165, 1.54) is 0 Å². The fourth-order valence-corrected chi connectivity index (χ4v) is 3.32. The largest absolute Gasteiger partial charge is 0.303 e. The molecule has 3 nitrogen and oxygen atoms in total. The van der Waals surface area contributed by atoms with Crippen molar-refractivity contribution >= 4 is 10.1 Å². The predicted octanol–water partition coefficient (Wildman–Crippen LogP) is 2.33. The van der Waals surface area contributed by atoms with E-state index in [4.69, 9.17) is 0 Å². The molecule has 5 heteroatoms. The van der Waals surface area contributed by atoms with Gasteiger partial charge >= 0.3 is 10.1 Å². The van der Waals surface area contributed by atoms with Crippen LogP contribution in [-0.2, 0) is 14.5 Å². The molecule has 0 bridgehead atoms. The van der Waals surface area contributed by atoms with Gasteiger partial charge in [-0.15, -0.1) is 0 Å². The Morgan fingerprint density at radius 3 is 2.23 bits per heavy atom. The van der Waals surface area contributed by atoms with Gasteiger partial charge in [-0.25, -0.2) is 0 Å². The molecule has 0 heterocycles. The van der Waals surface area contributed by atoms with Crippen LogP contribution in [0.2, 0.25) is 0 Å². The van der Waals surface area contributed by atoms with Crippen LogP contribution in [0.1, 0.15) is 45.4 Å². The maximum absolute atomic E-state index is 11.9. The number of halogens is 1. The third-order valence-corrected chi connectivity index (χ3v) is 4.95. The maximum atomic E-state index is 11.9. The van der Waals surface area contributed by atoms with E-state index in [9.17, 15) is 12.9 Å². The Balaban J connectivity index is 2.91. The summed E-state index contributed by atoms with van der Waals surface area (Å²) in [6, 6.07) is 0. The van der Waals surface area contributed by atoms with Gasteiger partial charge in [0, 0.05) is 0 Å². The molecule has 0 aliphatic heterocycles. The maximum Gasteiger partial charge on any atom is 0.303 e. The van der Waals surface area contributed by atoms with Gasteiger partial charge in [-0.3, -0.25) is 0 Å². The van der Waals surface area contributed by atoms with Crippen molar-refractivity contribution in [2.24, 2.45) is 0 Å². The highest BCUT2D eigenvalue weighted by atomic mass is 32.2. The van der Waals surface area contributed by atoms with Crippen LogP contribution in [0.4, 0.5) is 4.53 Å². The van der Waals surface area contributed by atoms with Crippen molar-refractivity contribution in [1.82, 2.24) is 0 Å². The summed E-state index contributed by atoms with van der Waals surface area (Å²) >= 11 is 0. The Morgan fingerprint density at radius 2 is 1.85 bits per heavy atom. The smallest absolute Gasteiger partial charge is 0.196 e. The van der Waals surface area contributed by atoms with Gasteiger partial charge in [-0.1, -0.05) is 30.6 Å². The topological polar surface area (TPSA) is 43.4 Å². The highest BCUT2D eigenvalue weighted by Gasteiger charge is 2.44. The summed E-state index contributed by atoms with van der Waals surface area (Å²) in [7, 11) is -4.00. The summed E-state index contributed by atoms with van der Waals surface area (Å²) in [6.45, 7) is 1.77. The van der Waals surface area contributed by atoms with E-state index in [1.54, 1.807) is 6.92 Å². The van der Waals surface area contributed by atoms with Crippen molar-refractivity contribution in [3.8, 4) is 0 Å². The molecular formula is C8H15FO3S. The summed E-state index contributed by atoms with van der Waals surface area (Å²) in [6.07, 6.45) is 4.20. The van der Waals surface area contributed by atoms with Crippen molar-refractivity contribution in [3.63, 3.8) is 0 Å². The molecule has 0 spiro atoms. The van der Waals surface area contributed by atoms with Crippen LogP contribution in [0, 0.1) is 0 Å². The van der Waals surface area contributed by atoms with Crippen molar-refractivity contribution in [3.05, 3.63) is 0 Å². The van der Waals surface area contributed by atoms with Gasteiger partial charge in [-0.2, -0.15) is 8.42 Å².